The Balaban J connectivity index is 1.66. The summed E-state index contributed by atoms with van der Waals surface area (Å²) in [7, 11) is -3.91. The fourth-order valence-corrected chi connectivity index (χ4v) is 4.21. The molecule has 0 unspecified atom stereocenters. The summed E-state index contributed by atoms with van der Waals surface area (Å²) >= 11 is 0. The molecule has 8 nitrogen and oxygen atoms in total. The zero-order chi connectivity index (χ0) is 19.4. The van der Waals surface area contributed by atoms with Crippen molar-refractivity contribution >= 4 is 16.2 Å². The van der Waals surface area contributed by atoms with Crippen molar-refractivity contribution in [3.63, 3.8) is 0 Å². The van der Waals surface area contributed by atoms with Gasteiger partial charge in [0.1, 0.15) is 10.5 Å². The second-order valence-corrected chi connectivity index (χ2v) is 9.19. The molecule has 3 heterocycles. The summed E-state index contributed by atoms with van der Waals surface area (Å²) in [5, 5.41) is 4.57. The summed E-state index contributed by atoms with van der Waals surface area (Å²) < 4.78 is 37.3. The van der Waals surface area contributed by atoms with E-state index in [4.69, 9.17) is 8.92 Å². The normalized spacial score (nSPS) is 17.8. The topological polar surface area (TPSA) is 90.7 Å². The maximum atomic E-state index is 12.5. The van der Waals surface area contributed by atoms with Gasteiger partial charge in [-0.25, -0.2) is 4.79 Å². The first-order chi connectivity index (χ1) is 12.6. The van der Waals surface area contributed by atoms with E-state index in [9.17, 15) is 13.2 Å². The molecule has 0 saturated carbocycles. The highest BCUT2D eigenvalue weighted by Gasteiger charge is 2.32. The van der Waals surface area contributed by atoms with Crippen LogP contribution in [0, 0.1) is 0 Å². The lowest BCUT2D eigenvalue weighted by molar-refractivity contribution is 0.0258. The van der Waals surface area contributed by atoms with Crippen molar-refractivity contribution in [2.75, 3.05) is 13.1 Å². The monoisotopic (exact) mass is 391 g/mol. The van der Waals surface area contributed by atoms with E-state index in [1.165, 1.54) is 10.7 Å². The maximum absolute atomic E-state index is 12.5. The van der Waals surface area contributed by atoms with Crippen LogP contribution in [-0.2, 0) is 27.7 Å². The van der Waals surface area contributed by atoms with E-state index >= 15 is 0 Å². The van der Waals surface area contributed by atoms with Gasteiger partial charge in [0, 0.05) is 25.1 Å². The number of benzene rings is 1. The van der Waals surface area contributed by atoms with Crippen LogP contribution in [0.3, 0.4) is 0 Å². The highest BCUT2D eigenvalue weighted by Crippen LogP contribution is 2.34. The van der Waals surface area contributed by atoms with Gasteiger partial charge in [-0.05, 0) is 45.4 Å². The van der Waals surface area contributed by atoms with Gasteiger partial charge in [-0.15, -0.1) is 0 Å². The number of nitrogens with zero attached hydrogens (tertiary/aromatic N) is 3. The molecule has 0 saturated heterocycles. The lowest BCUT2D eigenvalue weighted by Gasteiger charge is -2.26. The Morgan fingerprint density at radius 2 is 1.96 bits per heavy atom. The molecule has 0 atom stereocenters. The Hall–Kier alpha value is -2.55. The first-order valence-electron chi connectivity index (χ1n) is 8.78. The first kappa shape index (κ1) is 17.8. The van der Waals surface area contributed by atoms with Crippen LogP contribution in [-0.4, -0.2) is 47.9 Å². The number of rotatable bonds is 0. The summed E-state index contributed by atoms with van der Waals surface area (Å²) in [5.41, 5.74) is 1.52. The van der Waals surface area contributed by atoms with Crippen LogP contribution in [0.5, 0.6) is 5.88 Å². The Morgan fingerprint density at radius 1 is 1.22 bits per heavy atom. The molecular formula is C18H21N3O5S. The van der Waals surface area contributed by atoms with Gasteiger partial charge in [0.15, 0.2) is 0 Å². The highest BCUT2D eigenvalue weighted by molar-refractivity contribution is 7.87. The molecule has 144 valence electrons. The quantitative estimate of drug-likeness (QED) is 0.640. The van der Waals surface area contributed by atoms with E-state index in [0.717, 1.165) is 5.69 Å². The van der Waals surface area contributed by atoms with Gasteiger partial charge in [-0.1, -0.05) is 6.07 Å². The van der Waals surface area contributed by atoms with Crippen molar-refractivity contribution < 1.29 is 22.1 Å². The third kappa shape index (κ3) is 3.27. The second-order valence-electron chi connectivity index (χ2n) is 7.64. The van der Waals surface area contributed by atoms with Gasteiger partial charge < -0.3 is 13.8 Å². The average Bonchev–Trinajstić information content (AvgIpc) is 2.73. The van der Waals surface area contributed by atoms with Crippen molar-refractivity contribution in [3.05, 3.63) is 35.5 Å². The fraction of sp³-hybridized carbons (Fsp3) is 0.444. The van der Waals surface area contributed by atoms with Crippen LogP contribution in [0.15, 0.2) is 29.2 Å². The van der Waals surface area contributed by atoms with Crippen molar-refractivity contribution in [1.82, 2.24) is 14.7 Å². The van der Waals surface area contributed by atoms with Gasteiger partial charge >= 0.3 is 16.2 Å². The van der Waals surface area contributed by atoms with E-state index in [1.54, 1.807) is 23.1 Å². The van der Waals surface area contributed by atoms with E-state index in [1.807, 2.05) is 20.8 Å². The van der Waals surface area contributed by atoms with Crippen LogP contribution >= 0.6 is 0 Å². The van der Waals surface area contributed by atoms with Gasteiger partial charge in [0.05, 0.1) is 11.4 Å². The van der Waals surface area contributed by atoms with Crippen molar-refractivity contribution in [2.24, 2.45) is 0 Å². The fourth-order valence-electron chi connectivity index (χ4n) is 3.22. The molecule has 0 spiro atoms. The molecule has 27 heavy (non-hydrogen) atoms. The number of hydrogen-bond donors (Lipinski definition) is 0. The van der Waals surface area contributed by atoms with Crippen molar-refractivity contribution in [3.8, 4) is 11.6 Å². The number of aromatic nitrogens is 2. The minimum Gasteiger partial charge on any atom is -0.444 e. The maximum Gasteiger partial charge on any atom is 0.410 e. The smallest absolute Gasteiger partial charge is 0.410 e. The Labute approximate surface area is 157 Å². The van der Waals surface area contributed by atoms with E-state index in [0.29, 0.717) is 37.2 Å². The zero-order valence-corrected chi connectivity index (χ0v) is 16.2. The summed E-state index contributed by atoms with van der Waals surface area (Å²) in [6.45, 7) is 6.32. The minimum absolute atomic E-state index is 0.100. The Bertz CT molecular complexity index is 1020. The lowest BCUT2D eigenvalue weighted by atomic mass is 10.1. The molecule has 0 fully saturated rings. The van der Waals surface area contributed by atoms with E-state index < -0.39 is 15.7 Å². The predicted molar refractivity (Wildman–Crippen MR) is 96.6 cm³/mol. The van der Waals surface area contributed by atoms with Gasteiger partial charge in [0.25, 0.3) is 0 Å². The number of ether oxygens (including phenoxy) is 1. The molecule has 1 amide bonds. The summed E-state index contributed by atoms with van der Waals surface area (Å²) in [4.78, 5) is 14.1. The molecule has 0 N–H and O–H groups in total. The van der Waals surface area contributed by atoms with Crippen LogP contribution < -0.4 is 4.18 Å². The van der Waals surface area contributed by atoms with Crippen LogP contribution in [0.4, 0.5) is 4.79 Å². The molecule has 4 rings (SSSR count). The number of amides is 1. The molecule has 2 bridgehead atoms. The number of carbonyl (C=O) groups excluding carboxylic acids is 1. The molecule has 0 aliphatic carbocycles. The van der Waals surface area contributed by atoms with E-state index in [-0.39, 0.29) is 16.9 Å². The van der Waals surface area contributed by atoms with Gasteiger partial charge in [0.2, 0.25) is 5.88 Å². The zero-order valence-electron chi connectivity index (χ0n) is 15.4. The third-order valence-corrected chi connectivity index (χ3v) is 5.67. The minimum atomic E-state index is -3.91. The largest absolute Gasteiger partial charge is 0.444 e. The summed E-state index contributed by atoms with van der Waals surface area (Å²) in [5.74, 6) is 0.206. The number of carbonyl (C=O) groups is 1. The molecule has 1 aromatic carbocycles. The number of fused-ring (bicyclic) bond motifs is 6. The molecule has 2 aromatic rings. The van der Waals surface area contributed by atoms with Crippen LogP contribution in [0.1, 0.15) is 32.0 Å². The molecule has 0 radical (unpaired) electrons. The molecule has 2 aliphatic heterocycles. The molecule has 1 aromatic heterocycles. The lowest BCUT2D eigenvalue weighted by Crippen LogP contribution is -2.38. The number of hydrogen-bond acceptors (Lipinski definition) is 6. The highest BCUT2D eigenvalue weighted by atomic mass is 32.2. The first-order valence-corrected chi connectivity index (χ1v) is 10.2. The van der Waals surface area contributed by atoms with Crippen LogP contribution in [0.25, 0.3) is 5.69 Å². The molecule has 9 heteroatoms. The Kier molecular flexibility index (Phi) is 3.95. The SMILES string of the molecule is CC(C)(C)OC(=O)N1CCc2nn3c(c2CC1)OS(=O)(=O)c1cccc-3c1. The van der Waals surface area contributed by atoms with Crippen molar-refractivity contribution in [2.45, 2.75) is 44.1 Å². The van der Waals surface area contributed by atoms with Gasteiger partial charge in [-0.2, -0.15) is 18.2 Å². The van der Waals surface area contributed by atoms with Gasteiger partial charge in [-0.3, -0.25) is 0 Å². The third-order valence-electron chi connectivity index (χ3n) is 4.46. The van der Waals surface area contributed by atoms with Crippen LogP contribution in [0.2, 0.25) is 0 Å². The molecular weight excluding hydrogens is 370 g/mol. The standard InChI is InChI=1S/C18H21N3O5S/c1-18(2,3)25-17(22)20-9-7-14-15(8-10-20)19-21-12-5-4-6-13(11-12)27(23,24)26-16(14)21/h4-6,11H,7-10H2,1-3H3. The van der Waals surface area contributed by atoms with E-state index in [2.05, 4.69) is 5.10 Å². The summed E-state index contributed by atoms with van der Waals surface area (Å²) in [6.07, 6.45) is 0.555. The predicted octanol–water partition coefficient (Wildman–Crippen LogP) is 2.29. The summed E-state index contributed by atoms with van der Waals surface area (Å²) in [6, 6.07) is 6.49. The average molecular weight is 391 g/mol. The van der Waals surface area contributed by atoms with Crippen molar-refractivity contribution in [1.29, 1.82) is 0 Å². The molecule has 2 aliphatic rings. The second kappa shape index (κ2) is 5.98. The Morgan fingerprint density at radius 3 is 2.70 bits per heavy atom.